The van der Waals surface area contributed by atoms with Crippen molar-refractivity contribution >= 4 is 17.8 Å². The van der Waals surface area contributed by atoms with E-state index in [9.17, 15) is 19.5 Å². The van der Waals surface area contributed by atoms with Gasteiger partial charge >= 0.3 is 5.97 Å². The molecule has 2 atom stereocenters. The molecule has 7 heteroatoms. The molecule has 2 aliphatic heterocycles. The van der Waals surface area contributed by atoms with Crippen LogP contribution in [-0.2, 0) is 9.53 Å². The Bertz CT molecular complexity index is 670. The summed E-state index contributed by atoms with van der Waals surface area (Å²) in [5.41, 5.74) is 0.759. The predicted octanol–water partition coefficient (Wildman–Crippen LogP) is 0.919. The topological polar surface area (TPSA) is 87.2 Å². The second kappa shape index (κ2) is 7.97. The van der Waals surface area contributed by atoms with Crippen LogP contribution in [0.3, 0.4) is 0 Å². The van der Waals surface area contributed by atoms with Crippen LogP contribution in [0.25, 0.3) is 0 Å². The molecule has 1 saturated heterocycles. The second-order valence-electron chi connectivity index (χ2n) is 6.77. The Hall–Kier alpha value is -2.25. The van der Waals surface area contributed by atoms with Crippen molar-refractivity contribution in [2.45, 2.75) is 25.9 Å². The molecule has 1 aromatic rings. The van der Waals surface area contributed by atoms with E-state index in [1.54, 1.807) is 31.2 Å². The van der Waals surface area contributed by atoms with Gasteiger partial charge in [-0.05, 0) is 38.4 Å². The fourth-order valence-electron chi connectivity index (χ4n) is 3.65. The minimum atomic E-state index is -0.863. The van der Waals surface area contributed by atoms with Crippen molar-refractivity contribution in [3.05, 3.63) is 35.4 Å². The zero-order chi connectivity index (χ0) is 18.7. The monoisotopic (exact) mass is 360 g/mol. The van der Waals surface area contributed by atoms with Crippen LogP contribution in [0.2, 0.25) is 0 Å². The minimum absolute atomic E-state index is 0.0487. The third-order valence-corrected chi connectivity index (χ3v) is 4.87. The summed E-state index contributed by atoms with van der Waals surface area (Å²) in [5.74, 6) is -1.12. The molecule has 2 amide bonds. The smallest absolute Gasteiger partial charge is 0.310 e. The van der Waals surface area contributed by atoms with Gasteiger partial charge in [-0.15, -0.1) is 0 Å². The van der Waals surface area contributed by atoms with Crippen LogP contribution in [0.5, 0.6) is 0 Å². The number of likely N-dealkylation sites (tertiary alicyclic amines) is 1. The molecule has 26 heavy (non-hydrogen) atoms. The molecule has 2 unspecified atom stereocenters. The first-order valence-corrected chi connectivity index (χ1v) is 9.03. The molecule has 140 valence electrons. The molecule has 1 fully saturated rings. The van der Waals surface area contributed by atoms with Gasteiger partial charge < -0.3 is 9.84 Å². The first kappa shape index (κ1) is 18.5. The average Bonchev–Trinajstić information content (AvgIpc) is 2.87. The third-order valence-electron chi connectivity index (χ3n) is 4.87. The SMILES string of the molecule is CCOC(=O)C1CCCN(CC(O)CN2C(=O)c3ccccc3C2=O)C1. The summed E-state index contributed by atoms with van der Waals surface area (Å²) in [4.78, 5) is 39.7. The normalized spacial score (nSPS) is 21.6. The average molecular weight is 360 g/mol. The van der Waals surface area contributed by atoms with E-state index in [0.29, 0.717) is 30.8 Å². The lowest BCUT2D eigenvalue weighted by molar-refractivity contribution is -0.150. The highest BCUT2D eigenvalue weighted by Crippen LogP contribution is 2.23. The number of aliphatic hydroxyl groups is 1. The fourth-order valence-corrected chi connectivity index (χ4v) is 3.65. The molecule has 0 saturated carbocycles. The predicted molar refractivity (Wildman–Crippen MR) is 93.6 cm³/mol. The maximum Gasteiger partial charge on any atom is 0.310 e. The third kappa shape index (κ3) is 3.78. The molecule has 0 radical (unpaired) electrons. The molecule has 1 aromatic carbocycles. The zero-order valence-electron chi connectivity index (χ0n) is 14.9. The van der Waals surface area contributed by atoms with Gasteiger partial charge in [-0.1, -0.05) is 12.1 Å². The Morgan fingerprint density at radius 1 is 1.23 bits per heavy atom. The lowest BCUT2D eigenvalue weighted by atomic mass is 9.98. The summed E-state index contributed by atoms with van der Waals surface area (Å²) >= 11 is 0. The Morgan fingerprint density at radius 3 is 2.50 bits per heavy atom. The highest BCUT2D eigenvalue weighted by atomic mass is 16.5. The van der Waals surface area contributed by atoms with Crippen LogP contribution in [0.4, 0.5) is 0 Å². The number of esters is 1. The van der Waals surface area contributed by atoms with Crippen molar-refractivity contribution < 1.29 is 24.2 Å². The van der Waals surface area contributed by atoms with Crippen LogP contribution < -0.4 is 0 Å². The Kier molecular flexibility index (Phi) is 5.68. The number of ether oxygens (including phenoxy) is 1. The standard InChI is InChI=1S/C19H24N2O5/c1-2-26-19(25)13-6-5-9-20(10-13)11-14(22)12-21-17(23)15-7-3-4-8-16(15)18(21)24/h3-4,7-8,13-14,22H,2,5-6,9-12H2,1H3. The molecule has 2 heterocycles. The summed E-state index contributed by atoms with van der Waals surface area (Å²) < 4.78 is 5.08. The Labute approximate surface area is 152 Å². The Morgan fingerprint density at radius 2 is 1.88 bits per heavy atom. The summed E-state index contributed by atoms with van der Waals surface area (Å²) in [6.07, 6.45) is 0.769. The van der Waals surface area contributed by atoms with Gasteiger partial charge in [-0.2, -0.15) is 0 Å². The van der Waals surface area contributed by atoms with Gasteiger partial charge in [0.1, 0.15) is 0 Å². The van der Waals surface area contributed by atoms with Gasteiger partial charge in [0.05, 0.1) is 36.3 Å². The van der Waals surface area contributed by atoms with Crippen LogP contribution in [-0.4, -0.2) is 71.6 Å². The van der Waals surface area contributed by atoms with E-state index >= 15 is 0 Å². The first-order valence-electron chi connectivity index (χ1n) is 9.03. The molecule has 3 rings (SSSR count). The van der Waals surface area contributed by atoms with Crippen molar-refractivity contribution in [1.82, 2.24) is 9.80 Å². The molecule has 0 aromatic heterocycles. The maximum absolute atomic E-state index is 12.4. The highest BCUT2D eigenvalue weighted by molar-refractivity contribution is 6.21. The number of imide groups is 1. The number of hydrogen-bond acceptors (Lipinski definition) is 6. The molecule has 0 aliphatic carbocycles. The van der Waals surface area contributed by atoms with E-state index in [-0.39, 0.29) is 30.2 Å². The fraction of sp³-hybridized carbons (Fsp3) is 0.526. The largest absolute Gasteiger partial charge is 0.466 e. The van der Waals surface area contributed by atoms with Gasteiger partial charge in [0.15, 0.2) is 0 Å². The van der Waals surface area contributed by atoms with E-state index in [1.165, 1.54) is 0 Å². The summed E-state index contributed by atoms with van der Waals surface area (Å²) in [6.45, 7) is 3.70. The van der Waals surface area contributed by atoms with Gasteiger partial charge in [0.2, 0.25) is 0 Å². The van der Waals surface area contributed by atoms with Crippen molar-refractivity contribution in [2.75, 3.05) is 32.8 Å². The minimum Gasteiger partial charge on any atom is -0.466 e. The van der Waals surface area contributed by atoms with Crippen molar-refractivity contribution in [3.63, 3.8) is 0 Å². The molecule has 7 nitrogen and oxygen atoms in total. The van der Waals surface area contributed by atoms with Crippen LogP contribution >= 0.6 is 0 Å². The number of hydrogen-bond donors (Lipinski definition) is 1. The Balaban J connectivity index is 1.56. The van der Waals surface area contributed by atoms with Crippen LogP contribution in [0.1, 0.15) is 40.5 Å². The van der Waals surface area contributed by atoms with E-state index in [2.05, 4.69) is 0 Å². The quantitative estimate of drug-likeness (QED) is 0.600. The van der Waals surface area contributed by atoms with Crippen LogP contribution in [0.15, 0.2) is 24.3 Å². The molecular formula is C19H24N2O5. The molecule has 2 aliphatic rings. The van der Waals surface area contributed by atoms with E-state index in [0.717, 1.165) is 24.3 Å². The van der Waals surface area contributed by atoms with E-state index < -0.39 is 6.10 Å². The van der Waals surface area contributed by atoms with Crippen molar-refractivity contribution in [2.24, 2.45) is 5.92 Å². The second-order valence-corrected chi connectivity index (χ2v) is 6.77. The number of nitrogens with zero attached hydrogens (tertiary/aromatic N) is 2. The number of aliphatic hydroxyl groups excluding tert-OH is 1. The van der Waals surface area contributed by atoms with E-state index in [4.69, 9.17) is 4.74 Å². The number of fused-ring (bicyclic) bond motifs is 1. The molecule has 1 N–H and O–H groups in total. The van der Waals surface area contributed by atoms with Crippen molar-refractivity contribution in [3.8, 4) is 0 Å². The lowest BCUT2D eigenvalue weighted by Crippen LogP contribution is -2.46. The van der Waals surface area contributed by atoms with Gasteiger partial charge in [0, 0.05) is 13.1 Å². The summed E-state index contributed by atoms with van der Waals surface area (Å²) in [5, 5.41) is 10.4. The van der Waals surface area contributed by atoms with E-state index in [1.807, 2.05) is 4.90 Å². The molecule has 0 spiro atoms. The van der Waals surface area contributed by atoms with Crippen molar-refractivity contribution in [1.29, 1.82) is 0 Å². The van der Waals surface area contributed by atoms with Crippen LogP contribution in [0, 0.1) is 5.92 Å². The lowest BCUT2D eigenvalue weighted by Gasteiger charge is -2.33. The summed E-state index contributed by atoms with van der Waals surface area (Å²) in [7, 11) is 0. The van der Waals surface area contributed by atoms with Gasteiger partial charge in [0.25, 0.3) is 11.8 Å². The van der Waals surface area contributed by atoms with Gasteiger partial charge in [-0.25, -0.2) is 0 Å². The number of β-amino-alcohol motifs (C(OH)–C–C–N with tert-alkyl or cyclic N) is 1. The highest BCUT2D eigenvalue weighted by Gasteiger charge is 2.36. The molecular weight excluding hydrogens is 336 g/mol. The first-order chi connectivity index (χ1) is 12.5. The van der Waals surface area contributed by atoms with Gasteiger partial charge in [-0.3, -0.25) is 24.2 Å². The maximum atomic E-state index is 12.4. The zero-order valence-corrected chi connectivity index (χ0v) is 14.9. The number of amides is 2. The molecule has 0 bridgehead atoms. The number of rotatable bonds is 6. The number of carbonyl (C=O) groups is 3. The number of benzene rings is 1. The number of carbonyl (C=O) groups excluding carboxylic acids is 3. The number of piperidine rings is 1. The summed E-state index contributed by atoms with van der Waals surface area (Å²) in [6, 6.07) is 6.67.